The second-order valence-corrected chi connectivity index (χ2v) is 8.37. The molecule has 0 aromatic rings. The van der Waals surface area contributed by atoms with Gasteiger partial charge in [0.2, 0.25) is 11.8 Å². The summed E-state index contributed by atoms with van der Waals surface area (Å²) in [5.41, 5.74) is -0.794. The highest BCUT2D eigenvalue weighted by Crippen LogP contribution is 2.35. The van der Waals surface area contributed by atoms with Crippen LogP contribution in [0.25, 0.3) is 0 Å². The maximum Gasteiger partial charge on any atom is 0.395 e. The van der Waals surface area contributed by atoms with Gasteiger partial charge in [-0.15, -0.1) is 0 Å². The number of hydrogen-bond donors (Lipinski definition) is 1. The first kappa shape index (κ1) is 21.7. The van der Waals surface area contributed by atoms with Gasteiger partial charge in [0, 0.05) is 18.5 Å². The zero-order valence-corrected chi connectivity index (χ0v) is 16.1. The summed E-state index contributed by atoms with van der Waals surface area (Å²) >= 11 is 0. The standard InChI is InChI=1S/C17H30F3N3O2/c1-10(2)13(22(6)7)14(24)23-8-11(17(18,19)20)12(9-23)21-15(25)16(3,4)5/h10-13H,8-9H2,1-7H3,(H,21,25)/t11-,12-,13+/m1/s1. The summed E-state index contributed by atoms with van der Waals surface area (Å²) < 4.78 is 40.2. The van der Waals surface area contributed by atoms with Gasteiger partial charge in [-0.3, -0.25) is 14.5 Å². The molecule has 1 heterocycles. The largest absolute Gasteiger partial charge is 0.395 e. The molecular weight excluding hydrogens is 335 g/mol. The Morgan fingerprint density at radius 2 is 1.64 bits per heavy atom. The molecule has 8 heteroatoms. The van der Waals surface area contributed by atoms with Crippen molar-refractivity contribution >= 4 is 11.8 Å². The summed E-state index contributed by atoms with van der Waals surface area (Å²) in [6.07, 6.45) is -4.48. The van der Waals surface area contributed by atoms with E-state index in [-0.39, 0.29) is 18.4 Å². The molecule has 1 N–H and O–H groups in total. The molecule has 0 bridgehead atoms. The number of amides is 2. The molecule has 0 aromatic carbocycles. The minimum absolute atomic E-state index is 0.0324. The number of likely N-dealkylation sites (tertiary alicyclic amines) is 1. The molecule has 0 radical (unpaired) electrons. The van der Waals surface area contributed by atoms with Crippen LogP contribution in [0, 0.1) is 17.3 Å². The summed E-state index contributed by atoms with van der Waals surface area (Å²) in [5, 5.41) is 2.49. The lowest BCUT2D eigenvalue weighted by molar-refractivity contribution is -0.176. The Kier molecular flexibility index (Phi) is 6.53. The first-order valence-electron chi connectivity index (χ1n) is 8.49. The molecule has 1 saturated heterocycles. The van der Waals surface area contributed by atoms with E-state index in [1.807, 2.05) is 13.8 Å². The van der Waals surface area contributed by atoms with Crippen molar-refractivity contribution in [2.24, 2.45) is 17.3 Å². The molecule has 1 aliphatic rings. The van der Waals surface area contributed by atoms with Crippen LogP contribution in [0.4, 0.5) is 13.2 Å². The van der Waals surface area contributed by atoms with Crippen LogP contribution in [0.5, 0.6) is 0 Å². The van der Waals surface area contributed by atoms with Crippen LogP contribution in [0.15, 0.2) is 0 Å². The van der Waals surface area contributed by atoms with E-state index in [1.54, 1.807) is 39.8 Å². The molecule has 1 aliphatic heterocycles. The maximum atomic E-state index is 13.4. The van der Waals surface area contributed by atoms with E-state index in [4.69, 9.17) is 0 Å². The normalized spacial score (nSPS) is 23.3. The molecule has 2 amide bonds. The highest BCUT2D eigenvalue weighted by molar-refractivity contribution is 5.84. The number of likely N-dealkylation sites (N-methyl/N-ethyl adjacent to an activating group) is 1. The number of carbonyl (C=O) groups excluding carboxylic acids is 2. The molecule has 25 heavy (non-hydrogen) atoms. The van der Waals surface area contributed by atoms with Gasteiger partial charge in [-0.25, -0.2) is 0 Å². The van der Waals surface area contributed by atoms with Gasteiger partial charge < -0.3 is 10.2 Å². The lowest BCUT2D eigenvalue weighted by Gasteiger charge is -2.31. The van der Waals surface area contributed by atoms with Crippen LogP contribution in [-0.2, 0) is 9.59 Å². The van der Waals surface area contributed by atoms with Crippen molar-refractivity contribution in [3.63, 3.8) is 0 Å². The lowest BCUT2D eigenvalue weighted by atomic mass is 9.94. The van der Waals surface area contributed by atoms with Crippen LogP contribution < -0.4 is 5.32 Å². The Morgan fingerprint density at radius 3 is 2.00 bits per heavy atom. The third-order valence-corrected chi connectivity index (χ3v) is 4.49. The lowest BCUT2D eigenvalue weighted by Crippen LogP contribution is -2.50. The van der Waals surface area contributed by atoms with Gasteiger partial charge in [-0.1, -0.05) is 34.6 Å². The molecule has 1 fully saturated rings. The average molecular weight is 365 g/mol. The zero-order chi connectivity index (χ0) is 19.7. The van der Waals surface area contributed by atoms with Crippen molar-refractivity contribution < 1.29 is 22.8 Å². The molecule has 0 aromatic heterocycles. The molecule has 0 spiro atoms. The molecule has 1 rings (SSSR count). The van der Waals surface area contributed by atoms with E-state index < -0.39 is 42.0 Å². The number of alkyl halides is 3. The molecule has 0 unspecified atom stereocenters. The van der Waals surface area contributed by atoms with E-state index in [0.29, 0.717) is 0 Å². The van der Waals surface area contributed by atoms with E-state index in [9.17, 15) is 22.8 Å². The van der Waals surface area contributed by atoms with Crippen molar-refractivity contribution in [1.82, 2.24) is 15.1 Å². The van der Waals surface area contributed by atoms with Gasteiger partial charge in [0.1, 0.15) is 0 Å². The molecule has 3 atom stereocenters. The van der Waals surface area contributed by atoms with Gasteiger partial charge in [-0.05, 0) is 20.0 Å². The minimum Gasteiger partial charge on any atom is -0.350 e. The summed E-state index contributed by atoms with van der Waals surface area (Å²) in [4.78, 5) is 27.8. The van der Waals surface area contributed by atoms with Crippen LogP contribution in [0.1, 0.15) is 34.6 Å². The third kappa shape index (κ3) is 5.33. The van der Waals surface area contributed by atoms with Gasteiger partial charge in [0.25, 0.3) is 0 Å². The number of hydrogen-bond acceptors (Lipinski definition) is 3. The number of carbonyl (C=O) groups is 2. The Morgan fingerprint density at radius 1 is 1.12 bits per heavy atom. The SMILES string of the molecule is CC(C)[C@@H](C(=O)N1C[C@@H](C(F)(F)F)[C@H](NC(=O)C(C)(C)C)C1)N(C)C. The highest BCUT2D eigenvalue weighted by atomic mass is 19.4. The van der Waals surface area contributed by atoms with Crippen molar-refractivity contribution in [3.05, 3.63) is 0 Å². The highest BCUT2D eigenvalue weighted by Gasteiger charge is 2.52. The van der Waals surface area contributed by atoms with E-state index in [0.717, 1.165) is 0 Å². The van der Waals surface area contributed by atoms with Crippen molar-refractivity contribution in [2.75, 3.05) is 27.2 Å². The van der Waals surface area contributed by atoms with Gasteiger partial charge in [0.15, 0.2) is 0 Å². The number of halogens is 3. The van der Waals surface area contributed by atoms with Crippen molar-refractivity contribution in [3.8, 4) is 0 Å². The predicted molar refractivity (Wildman–Crippen MR) is 89.8 cm³/mol. The number of rotatable bonds is 4. The van der Waals surface area contributed by atoms with Crippen LogP contribution in [0.2, 0.25) is 0 Å². The monoisotopic (exact) mass is 365 g/mol. The van der Waals surface area contributed by atoms with Gasteiger partial charge in [0.05, 0.1) is 18.0 Å². The van der Waals surface area contributed by atoms with Gasteiger partial charge >= 0.3 is 6.18 Å². The quantitative estimate of drug-likeness (QED) is 0.830. The Bertz CT molecular complexity index is 490. The van der Waals surface area contributed by atoms with Gasteiger partial charge in [-0.2, -0.15) is 13.2 Å². The third-order valence-electron chi connectivity index (χ3n) is 4.49. The second-order valence-electron chi connectivity index (χ2n) is 8.37. The van der Waals surface area contributed by atoms with E-state index in [2.05, 4.69) is 5.32 Å². The zero-order valence-electron chi connectivity index (χ0n) is 16.1. The first-order chi connectivity index (χ1) is 11.2. The number of nitrogens with one attached hydrogen (secondary N) is 1. The molecule has 5 nitrogen and oxygen atoms in total. The smallest absolute Gasteiger partial charge is 0.350 e. The van der Waals surface area contributed by atoms with E-state index >= 15 is 0 Å². The fourth-order valence-corrected chi connectivity index (χ4v) is 3.14. The minimum atomic E-state index is -4.48. The van der Waals surface area contributed by atoms with Crippen molar-refractivity contribution in [2.45, 2.75) is 52.9 Å². The molecular formula is C17H30F3N3O2. The summed E-state index contributed by atoms with van der Waals surface area (Å²) in [6.45, 7) is 8.10. The Hall–Kier alpha value is -1.31. The fourth-order valence-electron chi connectivity index (χ4n) is 3.14. The molecule has 0 saturated carbocycles. The fraction of sp³-hybridized carbons (Fsp3) is 0.882. The summed E-state index contributed by atoms with van der Waals surface area (Å²) in [6, 6.07) is -1.61. The van der Waals surface area contributed by atoms with Crippen LogP contribution >= 0.6 is 0 Å². The maximum absolute atomic E-state index is 13.4. The van der Waals surface area contributed by atoms with Crippen molar-refractivity contribution in [1.29, 1.82) is 0 Å². The molecule has 146 valence electrons. The number of nitrogens with zero attached hydrogens (tertiary/aromatic N) is 2. The summed E-state index contributed by atoms with van der Waals surface area (Å²) in [5.74, 6) is -2.57. The first-order valence-corrected chi connectivity index (χ1v) is 8.49. The topological polar surface area (TPSA) is 52.7 Å². The Labute approximate surface area is 147 Å². The van der Waals surface area contributed by atoms with Crippen LogP contribution in [0.3, 0.4) is 0 Å². The average Bonchev–Trinajstić information content (AvgIpc) is 2.80. The predicted octanol–water partition coefficient (Wildman–Crippen LogP) is 2.12. The van der Waals surface area contributed by atoms with Crippen LogP contribution in [-0.4, -0.2) is 67.1 Å². The molecule has 0 aliphatic carbocycles. The summed E-state index contributed by atoms with van der Waals surface area (Å²) in [7, 11) is 3.47. The second kappa shape index (κ2) is 7.51. The van der Waals surface area contributed by atoms with E-state index in [1.165, 1.54) is 4.90 Å². The Balaban J connectivity index is 3.01.